The predicted octanol–water partition coefficient (Wildman–Crippen LogP) is 1.51. The molecule has 0 saturated carbocycles. The van der Waals surface area contributed by atoms with Gasteiger partial charge in [-0.15, -0.1) is 0 Å². The van der Waals surface area contributed by atoms with Crippen LogP contribution in [0.15, 0.2) is 42.5 Å². The fourth-order valence-electron chi connectivity index (χ4n) is 3.23. The number of benzene rings is 1. The van der Waals surface area contributed by atoms with Crippen molar-refractivity contribution in [2.45, 2.75) is 12.5 Å². The highest BCUT2D eigenvalue weighted by Crippen LogP contribution is 2.33. The summed E-state index contributed by atoms with van der Waals surface area (Å²) >= 11 is 0. The lowest BCUT2D eigenvalue weighted by Gasteiger charge is -2.25. The van der Waals surface area contributed by atoms with Crippen molar-refractivity contribution in [2.24, 2.45) is 14.1 Å². The van der Waals surface area contributed by atoms with E-state index in [2.05, 4.69) is 24.5 Å². The molecule has 0 amide bonds. The molecule has 0 fully saturated rings. The van der Waals surface area contributed by atoms with Gasteiger partial charge in [-0.2, -0.15) is 0 Å². The van der Waals surface area contributed by atoms with Crippen molar-refractivity contribution in [3.05, 3.63) is 63.7 Å². The molecule has 0 saturated heterocycles. The van der Waals surface area contributed by atoms with Gasteiger partial charge in [-0.3, -0.25) is 10.1 Å². The number of nitro groups is 1. The molecule has 0 spiro atoms. The Bertz CT molecular complexity index is 946. The summed E-state index contributed by atoms with van der Waals surface area (Å²) in [5.41, 5.74) is 2.15. The summed E-state index contributed by atoms with van der Waals surface area (Å²) < 4.78 is 5.61. The van der Waals surface area contributed by atoms with Gasteiger partial charge in [0.1, 0.15) is 6.04 Å². The van der Waals surface area contributed by atoms with Crippen LogP contribution < -0.4 is 4.57 Å². The summed E-state index contributed by atoms with van der Waals surface area (Å²) in [4.78, 5) is 15.1. The second-order valence-electron chi connectivity index (χ2n) is 5.69. The van der Waals surface area contributed by atoms with E-state index >= 15 is 0 Å². The summed E-state index contributed by atoms with van der Waals surface area (Å²) in [5.74, 6) is 1.34. The smallest absolute Gasteiger partial charge is 0.260 e. The molecule has 3 heterocycles. The van der Waals surface area contributed by atoms with Crippen molar-refractivity contribution in [1.82, 2.24) is 19.3 Å². The molecule has 0 radical (unpaired) electrons. The number of fused-ring (bicyclic) bond motifs is 2. The summed E-state index contributed by atoms with van der Waals surface area (Å²) in [5, 5.41) is 19.6. The molecule has 1 aliphatic heterocycles. The average Bonchev–Trinajstić information content (AvgIpc) is 3.14. The number of aromatic nitrogens is 5. The van der Waals surface area contributed by atoms with Gasteiger partial charge in [0, 0.05) is 12.1 Å². The highest BCUT2D eigenvalue weighted by molar-refractivity contribution is 5.72. The van der Waals surface area contributed by atoms with Gasteiger partial charge in [-0.1, -0.05) is 12.1 Å². The molecule has 1 aromatic carbocycles. The first-order valence-electron chi connectivity index (χ1n) is 7.45. The van der Waals surface area contributed by atoms with Crippen molar-refractivity contribution in [1.29, 1.82) is 0 Å². The minimum atomic E-state index is -0.552. The Hall–Kier alpha value is -3.23. The second-order valence-corrected chi connectivity index (χ2v) is 5.69. The molecule has 9 nitrogen and oxygen atoms in total. The zero-order chi connectivity index (χ0) is 16.8. The van der Waals surface area contributed by atoms with Gasteiger partial charge in [0.25, 0.3) is 11.5 Å². The van der Waals surface area contributed by atoms with E-state index in [1.54, 1.807) is 0 Å². The average molecular weight is 325 g/mol. The Balaban J connectivity index is 1.83. The maximum Gasteiger partial charge on any atom is 0.260 e. The summed E-state index contributed by atoms with van der Waals surface area (Å²) in [6, 6.07) is 7.46. The third-order valence-corrected chi connectivity index (χ3v) is 4.47. The Morgan fingerprint density at radius 1 is 1.42 bits per heavy atom. The van der Waals surface area contributed by atoms with Crippen LogP contribution in [0.2, 0.25) is 0 Å². The van der Waals surface area contributed by atoms with E-state index in [0.717, 1.165) is 16.9 Å². The zero-order valence-corrected chi connectivity index (χ0v) is 13.2. The predicted molar refractivity (Wildman–Crippen MR) is 85.0 cm³/mol. The van der Waals surface area contributed by atoms with Gasteiger partial charge < -0.3 is 15.0 Å². The number of rotatable bonds is 3. The fraction of sp³-hybridized carbons (Fsp3) is 0.267. The van der Waals surface area contributed by atoms with Crippen LogP contribution in [0, 0.1) is 10.1 Å². The number of nitrogens with zero attached hydrogens (tertiary/aromatic N) is 7. The van der Waals surface area contributed by atoms with Gasteiger partial charge in [-0.25, -0.2) is 14.2 Å². The van der Waals surface area contributed by atoms with E-state index in [1.807, 2.05) is 38.4 Å². The minimum Gasteiger partial charge on any atom is -0.359 e. The largest absolute Gasteiger partial charge is 0.359 e. The fourth-order valence-corrected chi connectivity index (χ4v) is 3.23. The molecule has 0 aliphatic carbocycles. The number of para-hydroxylation sites is 2. The summed E-state index contributed by atoms with van der Waals surface area (Å²) in [7, 11) is 3.92. The van der Waals surface area contributed by atoms with Gasteiger partial charge in [0.05, 0.1) is 31.8 Å². The normalized spacial score (nSPS) is 16.6. The molecule has 122 valence electrons. The van der Waals surface area contributed by atoms with Crippen LogP contribution in [0.25, 0.3) is 16.4 Å². The number of aryl methyl sites for hydroxylation is 2. The van der Waals surface area contributed by atoms with E-state index in [9.17, 15) is 10.1 Å². The van der Waals surface area contributed by atoms with Crippen molar-refractivity contribution in [3.8, 4) is 0 Å². The van der Waals surface area contributed by atoms with E-state index in [-0.39, 0.29) is 5.70 Å². The van der Waals surface area contributed by atoms with Gasteiger partial charge in [0.15, 0.2) is 11.0 Å². The lowest BCUT2D eigenvalue weighted by Crippen LogP contribution is -2.36. The third-order valence-electron chi connectivity index (χ3n) is 4.47. The van der Waals surface area contributed by atoms with E-state index in [0.29, 0.717) is 12.4 Å². The molecule has 3 aromatic rings. The highest BCUT2D eigenvalue weighted by Gasteiger charge is 2.33. The van der Waals surface area contributed by atoms with Crippen LogP contribution in [-0.2, 0) is 20.5 Å². The number of allylic oxidation sites excluding steroid dienone is 1. The molecule has 1 atom stereocenters. The van der Waals surface area contributed by atoms with Gasteiger partial charge in [0.2, 0.25) is 0 Å². The number of hydrogen-bond donors (Lipinski definition) is 0. The molecule has 0 bridgehead atoms. The summed E-state index contributed by atoms with van der Waals surface area (Å²) in [6.45, 7) is 0. The topological polar surface area (TPSA) is 96.8 Å². The van der Waals surface area contributed by atoms with Crippen molar-refractivity contribution >= 4 is 17.0 Å². The maximum atomic E-state index is 11.4. The van der Waals surface area contributed by atoms with Crippen molar-refractivity contribution in [3.63, 3.8) is 0 Å². The number of hydrogen-bond acceptors (Lipinski definition) is 4. The molecular formula is C15H15N7O2. The standard InChI is InChI=1S/C15H15N7O2/c1-19-10-5-3-4-6-11(10)20(2)14(19)7-12-13(22(23)24)8-16-15-17-9-18-21(12)15/h3-6,8-9,12H,7H2,1-2H3/t12-/m0/s1. The Kier molecular flexibility index (Phi) is 3.08. The second kappa shape index (κ2) is 5.15. The molecular weight excluding hydrogens is 310 g/mol. The SMILES string of the molecule is Cn1c(C[C@H]2C([N+](=O)[O-])=C[N-]c3ncnn32)[n+](C)c2ccccc21. The van der Waals surface area contributed by atoms with Crippen LogP contribution in [0.4, 0.5) is 5.95 Å². The van der Waals surface area contributed by atoms with Gasteiger partial charge in [-0.05, 0) is 12.1 Å². The van der Waals surface area contributed by atoms with Crippen LogP contribution in [0.1, 0.15) is 11.9 Å². The first-order chi connectivity index (χ1) is 11.6. The summed E-state index contributed by atoms with van der Waals surface area (Å²) in [6.07, 6.45) is 3.06. The molecule has 24 heavy (non-hydrogen) atoms. The molecule has 1 aliphatic rings. The zero-order valence-electron chi connectivity index (χ0n) is 13.2. The lowest BCUT2D eigenvalue weighted by molar-refractivity contribution is -0.654. The quantitative estimate of drug-likeness (QED) is 0.414. The van der Waals surface area contributed by atoms with Crippen LogP contribution in [0.3, 0.4) is 0 Å². The van der Waals surface area contributed by atoms with Crippen molar-refractivity contribution in [2.75, 3.05) is 0 Å². The van der Waals surface area contributed by atoms with Crippen molar-refractivity contribution < 1.29 is 9.49 Å². The van der Waals surface area contributed by atoms with Crippen LogP contribution in [0.5, 0.6) is 0 Å². The lowest BCUT2D eigenvalue weighted by atomic mass is 10.1. The molecule has 0 unspecified atom stereocenters. The highest BCUT2D eigenvalue weighted by atomic mass is 16.6. The van der Waals surface area contributed by atoms with Gasteiger partial charge >= 0.3 is 0 Å². The first kappa shape index (κ1) is 14.4. The Morgan fingerprint density at radius 3 is 2.96 bits per heavy atom. The van der Waals surface area contributed by atoms with Crippen LogP contribution >= 0.6 is 0 Å². The molecule has 9 heteroatoms. The van der Waals surface area contributed by atoms with E-state index in [4.69, 9.17) is 0 Å². The third kappa shape index (κ3) is 1.98. The first-order valence-corrected chi connectivity index (χ1v) is 7.45. The number of imidazole rings is 1. The Morgan fingerprint density at radius 2 is 2.21 bits per heavy atom. The van der Waals surface area contributed by atoms with Crippen LogP contribution in [-0.4, -0.2) is 24.3 Å². The maximum absolute atomic E-state index is 11.4. The van der Waals surface area contributed by atoms with E-state index < -0.39 is 11.0 Å². The molecule has 4 rings (SSSR count). The van der Waals surface area contributed by atoms with E-state index in [1.165, 1.54) is 17.2 Å². The molecule has 0 N–H and O–H groups in total. The monoisotopic (exact) mass is 325 g/mol. The molecule has 2 aromatic heterocycles. The minimum absolute atomic E-state index is 0.0123. The Labute approximate surface area is 137 Å².